The maximum atomic E-state index is 12.4. The van der Waals surface area contributed by atoms with E-state index in [0.29, 0.717) is 16.7 Å². The first-order chi connectivity index (χ1) is 13.6. The first kappa shape index (κ1) is 18.7. The number of carbonyl (C=O) groups is 1. The molecule has 0 saturated heterocycles. The number of thiocarbonyl (C=S) groups is 1. The minimum absolute atomic E-state index is 0.153. The van der Waals surface area contributed by atoms with Gasteiger partial charge in [0.1, 0.15) is 5.75 Å². The van der Waals surface area contributed by atoms with E-state index in [2.05, 4.69) is 16.0 Å². The molecule has 2 aliphatic carbocycles. The minimum Gasteiger partial charge on any atom is -0.497 e. The highest BCUT2D eigenvalue weighted by Gasteiger charge is 2.39. The number of amides is 1. The van der Waals surface area contributed by atoms with Crippen LogP contribution >= 0.6 is 12.2 Å². The molecule has 2 bridgehead atoms. The fraction of sp³-hybridized carbons (Fsp3) is 0.364. The van der Waals surface area contributed by atoms with Gasteiger partial charge in [-0.1, -0.05) is 6.42 Å². The summed E-state index contributed by atoms with van der Waals surface area (Å²) in [7, 11) is 1.61. The van der Waals surface area contributed by atoms with E-state index in [4.69, 9.17) is 17.0 Å². The highest BCUT2D eigenvalue weighted by molar-refractivity contribution is 7.80. The lowest BCUT2D eigenvalue weighted by atomic mass is 9.96. The molecule has 6 heteroatoms. The number of methoxy groups -OCH3 is 1. The van der Waals surface area contributed by atoms with E-state index < -0.39 is 0 Å². The predicted octanol–water partition coefficient (Wildman–Crippen LogP) is 4.42. The zero-order chi connectivity index (χ0) is 19.5. The van der Waals surface area contributed by atoms with Gasteiger partial charge in [-0.05, 0) is 91.8 Å². The lowest BCUT2D eigenvalue weighted by molar-refractivity contribution is 0.102. The molecule has 2 aromatic carbocycles. The second-order valence-electron chi connectivity index (χ2n) is 7.64. The molecule has 0 spiro atoms. The van der Waals surface area contributed by atoms with Crippen LogP contribution in [0.25, 0.3) is 0 Å². The van der Waals surface area contributed by atoms with Crippen molar-refractivity contribution in [2.75, 3.05) is 17.7 Å². The summed E-state index contributed by atoms with van der Waals surface area (Å²) < 4.78 is 5.12. The smallest absolute Gasteiger partial charge is 0.255 e. The molecule has 146 valence electrons. The molecule has 3 unspecified atom stereocenters. The maximum Gasteiger partial charge on any atom is 0.255 e. The fourth-order valence-electron chi connectivity index (χ4n) is 4.34. The molecule has 5 nitrogen and oxygen atoms in total. The van der Waals surface area contributed by atoms with Crippen molar-refractivity contribution in [1.82, 2.24) is 5.32 Å². The van der Waals surface area contributed by atoms with Crippen molar-refractivity contribution in [3.8, 4) is 5.75 Å². The second kappa shape index (κ2) is 8.19. The van der Waals surface area contributed by atoms with Gasteiger partial charge in [0, 0.05) is 23.0 Å². The van der Waals surface area contributed by atoms with Crippen LogP contribution in [0.5, 0.6) is 5.75 Å². The lowest BCUT2D eigenvalue weighted by Crippen LogP contribution is -2.40. The van der Waals surface area contributed by atoms with Crippen LogP contribution < -0.4 is 20.7 Å². The summed E-state index contributed by atoms with van der Waals surface area (Å²) in [6.07, 6.45) is 5.28. The predicted molar refractivity (Wildman–Crippen MR) is 116 cm³/mol. The average molecular weight is 396 g/mol. The number of ether oxygens (including phenoxy) is 1. The molecule has 3 atom stereocenters. The molecule has 4 rings (SSSR count). The van der Waals surface area contributed by atoms with Crippen LogP contribution in [0, 0.1) is 11.8 Å². The SMILES string of the molecule is COc1ccc(NC(=O)c2ccc(NC(=S)NC3CC4CCC3C4)cc2)cc1. The normalized spacial score (nSPS) is 22.5. The fourth-order valence-corrected chi connectivity index (χ4v) is 4.61. The standard InChI is InChI=1S/C22H25N3O2S/c1-27-19-10-8-17(9-11-19)23-21(26)15-4-6-18(7-5-15)24-22(28)25-20-13-14-2-3-16(20)12-14/h4-11,14,16,20H,2-3,12-13H2,1H3,(H,23,26)(H2,24,25,28). The van der Waals surface area contributed by atoms with Crippen molar-refractivity contribution in [3.05, 3.63) is 54.1 Å². The molecule has 2 saturated carbocycles. The Labute approximate surface area is 170 Å². The van der Waals surface area contributed by atoms with Crippen LogP contribution in [0.3, 0.4) is 0 Å². The van der Waals surface area contributed by atoms with E-state index in [9.17, 15) is 4.79 Å². The monoisotopic (exact) mass is 395 g/mol. The molecule has 2 fully saturated rings. The summed E-state index contributed by atoms with van der Waals surface area (Å²) in [5, 5.41) is 10.2. The second-order valence-corrected chi connectivity index (χ2v) is 8.05. The maximum absolute atomic E-state index is 12.4. The van der Waals surface area contributed by atoms with Crippen molar-refractivity contribution < 1.29 is 9.53 Å². The summed E-state index contributed by atoms with van der Waals surface area (Å²) in [5.41, 5.74) is 2.19. The molecule has 0 radical (unpaired) electrons. The van der Waals surface area contributed by atoms with Gasteiger partial charge in [-0.15, -0.1) is 0 Å². The first-order valence-electron chi connectivity index (χ1n) is 9.73. The number of hydrogen-bond donors (Lipinski definition) is 3. The first-order valence-corrected chi connectivity index (χ1v) is 10.1. The van der Waals surface area contributed by atoms with Crippen LogP contribution in [0.15, 0.2) is 48.5 Å². The average Bonchev–Trinajstić information content (AvgIpc) is 3.32. The summed E-state index contributed by atoms with van der Waals surface area (Å²) in [6.45, 7) is 0. The van der Waals surface area contributed by atoms with Crippen molar-refractivity contribution >= 4 is 34.6 Å². The Kier molecular flexibility index (Phi) is 5.48. The quantitative estimate of drug-likeness (QED) is 0.654. The molecule has 0 aromatic heterocycles. The van der Waals surface area contributed by atoms with Crippen molar-refractivity contribution in [2.45, 2.75) is 31.7 Å². The highest BCUT2D eigenvalue weighted by atomic mass is 32.1. The molecule has 1 amide bonds. The van der Waals surface area contributed by atoms with E-state index >= 15 is 0 Å². The Morgan fingerprint density at radius 2 is 1.64 bits per heavy atom. The Balaban J connectivity index is 1.30. The van der Waals surface area contributed by atoms with Crippen molar-refractivity contribution in [2.24, 2.45) is 11.8 Å². The summed E-state index contributed by atoms with van der Waals surface area (Å²) in [5.74, 6) is 2.26. The molecule has 0 heterocycles. The van der Waals surface area contributed by atoms with Gasteiger partial charge in [0.2, 0.25) is 0 Å². The van der Waals surface area contributed by atoms with Crippen molar-refractivity contribution in [3.63, 3.8) is 0 Å². The van der Waals surface area contributed by atoms with Crippen molar-refractivity contribution in [1.29, 1.82) is 0 Å². The van der Waals surface area contributed by atoms with Gasteiger partial charge in [0.15, 0.2) is 5.11 Å². The van der Waals surface area contributed by atoms with Crippen LogP contribution in [-0.2, 0) is 0 Å². The Morgan fingerprint density at radius 3 is 2.25 bits per heavy atom. The van der Waals surface area contributed by atoms with Gasteiger partial charge in [0.05, 0.1) is 7.11 Å². The third-order valence-corrected chi connectivity index (χ3v) is 6.03. The van der Waals surface area contributed by atoms with Crippen LogP contribution in [0.2, 0.25) is 0 Å². The highest BCUT2D eigenvalue weighted by Crippen LogP contribution is 2.44. The van der Waals surface area contributed by atoms with Gasteiger partial charge < -0.3 is 20.7 Å². The van der Waals surface area contributed by atoms with Crippen LogP contribution in [-0.4, -0.2) is 24.2 Å². The summed E-state index contributed by atoms with van der Waals surface area (Å²) in [6, 6.07) is 15.1. The minimum atomic E-state index is -0.153. The number of rotatable bonds is 5. The summed E-state index contributed by atoms with van der Waals surface area (Å²) >= 11 is 5.47. The number of fused-ring (bicyclic) bond motifs is 2. The number of hydrogen-bond acceptors (Lipinski definition) is 3. The Hall–Kier alpha value is -2.60. The number of anilines is 2. The number of nitrogens with one attached hydrogen (secondary N) is 3. The number of benzene rings is 2. The largest absolute Gasteiger partial charge is 0.497 e. The van der Waals surface area contributed by atoms with Gasteiger partial charge in [-0.2, -0.15) is 0 Å². The molecule has 28 heavy (non-hydrogen) atoms. The van der Waals surface area contributed by atoms with E-state index in [-0.39, 0.29) is 5.91 Å². The molecule has 2 aromatic rings. The molecule has 3 N–H and O–H groups in total. The molecular weight excluding hydrogens is 370 g/mol. The molecular formula is C22H25N3O2S. The third kappa shape index (κ3) is 4.28. The van der Waals surface area contributed by atoms with E-state index in [1.54, 1.807) is 19.2 Å². The number of carbonyl (C=O) groups excluding carboxylic acids is 1. The zero-order valence-corrected chi connectivity index (χ0v) is 16.7. The lowest BCUT2D eigenvalue weighted by Gasteiger charge is -2.24. The van der Waals surface area contributed by atoms with E-state index in [0.717, 1.165) is 29.0 Å². The van der Waals surface area contributed by atoms with Gasteiger partial charge >= 0.3 is 0 Å². The third-order valence-electron chi connectivity index (χ3n) is 5.81. The van der Waals surface area contributed by atoms with Crippen LogP contribution in [0.1, 0.15) is 36.0 Å². The topological polar surface area (TPSA) is 62.4 Å². The van der Waals surface area contributed by atoms with Gasteiger partial charge in [0.25, 0.3) is 5.91 Å². The van der Waals surface area contributed by atoms with Gasteiger partial charge in [-0.3, -0.25) is 4.79 Å². The van der Waals surface area contributed by atoms with E-state index in [1.807, 2.05) is 36.4 Å². The zero-order valence-electron chi connectivity index (χ0n) is 15.9. The Morgan fingerprint density at radius 1 is 0.964 bits per heavy atom. The van der Waals surface area contributed by atoms with Crippen LogP contribution in [0.4, 0.5) is 11.4 Å². The summed E-state index contributed by atoms with van der Waals surface area (Å²) in [4.78, 5) is 12.4. The molecule has 0 aliphatic heterocycles. The van der Waals surface area contributed by atoms with E-state index in [1.165, 1.54) is 25.7 Å². The van der Waals surface area contributed by atoms with Gasteiger partial charge in [-0.25, -0.2) is 0 Å². The molecule has 2 aliphatic rings. The Bertz CT molecular complexity index is 851.